The van der Waals surface area contributed by atoms with Crippen LogP contribution in [0.1, 0.15) is 35.7 Å². The van der Waals surface area contributed by atoms with Crippen LogP contribution in [0.2, 0.25) is 0 Å². The van der Waals surface area contributed by atoms with Gasteiger partial charge in [-0.15, -0.1) is 0 Å². The van der Waals surface area contributed by atoms with Crippen molar-refractivity contribution in [1.29, 1.82) is 0 Å². The van der Waals surface area contributed by atoms with E-state index in [0.717, 1.165) is 33.7 Å². The molecule has 0 aliphatic heterocycles. The van der Waals surface area contributed by atoms with Gasteiger partial charge in [-0.3, -0.25) is 4.68 Å². The van der Waals surface area contributed by atoms with Crippen molar-refractivity contribution in [3.05, 3.63) is 27.1 Å². The van der Waals surface area contributed by atoms with E-state index in [1.165, 1.54) is 0 Å². The van der Waals surface area contributed by atoms with Crippen molar-refractivity contribution in [3.8, 4) is 5.88 Å². The highest BCUT2D eigenvalue weighted by molar-refractivity contribution is 9.10. The summed E-state index contributed by atoms with van der Waals surface area (Å²) < 4.78 is 9.85. The summed E-state index contributed by atoms with van der Waals surface area (Å²) in [5.74, 6) is 0.593. The molecule has 0 saturated carbocycles. The molecule has 2 aromatic rings. The van der Waals surface area contributed by atoms with Gasteiger partial charge in [-0.1, -0.05) is 0 Å². The van der Waals surface area contributed by atoms with Gasteiger partial charge in [0, 0.05) is 20.0 Å². The second-order valence-corrected chi connectivity index (χ2v) is 5.81. The third kappa shape index (κ3) is 2.85. The van der Waals surface area contributed by atoms with Crippen molar-refractivity contribution in [2.45, 2.75) is 39.8 Å². The van der Waals surface area contributed by atoms with Gasteiger partial charge in [-0.05, 0) is 36.7 Å². The van der Waals surface area contributed by atoms with Crippen molar-refractivity contribution in [2.75, 3.05) is 7.11 Å². The van der Waals surface area contributed by atoms with Crippen LogP contribution in [0.15, 0.2) is 4.47 Å². The Morgan fingerprint density at radius 1 is 1.29 bits per heavy atom. The third-order valence-corrected chi connectivity index (χ3v) is 4.61. The van der Waals surface area contributed by atoms with Gasteiger partial charge in [0.25, 0.3) is 0 Å². The Morgan fingerprint density at radius 3 is 2.52 bits per heavy atom. The summed E-state index contributed by atoms with van der Waals surface area (Å²) in [6.45, 7) is 6.61. The largest absolute Gasteiger partial charge is 0.481 e. The fourth-order valence-corrected chi connectivity index (χ4v) is 3.07. The van der Waals surface area contributed by atoms with Gasteiger partial charge < -0.3 is 9.84 Å². The Bertz CT molecular complexity index is 648. The van der Waals surface area contributed by atoms with Gasteiger partial charge in [-0.25, -0.2) is 4.68 Å². The predicted octanol–water partition coefficient (Wildman–Crippen LogP) is 2.30. The lowest BCUT2D eigenvalue weighted by molar-refractivity contribution is 0.169. The van der Waals surface area contributed by atoms with E-state index < -0.39 is 6.10 Å². The SMILES string of the molecule is CCn1nc(C)c(Br)c1CC(O)c1c(C)nn(C)c1OC. The molecular weight excluding hydrogens is 336 g/mol. The fraction of sp³-hybridized carbons (Fsp3) is 0.571. The number of hydrogen-bond donors (Lipinski definition) is 1. The normalized spacial score (nSPS) is 12.7. The first kappa shape index (κ1) is 16.0. The van der Waals surface area contributed by atoms with Crippen LogP contribution >= 0.6 is 15.9 Å². The second-order valence-electron chi connectivity index (χ2n) is 5.01. The molecule has 6 nitrogen and oxygen atoms in total. The number of ether oxygens (including phenoxy) is 1. The van der Waals surface area contributed by atoms with E-state index in [0.29, 0.717) is 12.3 Å². The predicted molar refractivity (Wildman–Crippen MR) is 83.5 cm³/mol. The minimum absolute atomic E-state index is 0.457. The van der Waals surface area contributed by atoms with E-state index in [9.17, 15) is 5.11 Å². The van der Waals surface area contributed by atoms with E-state index >= 15 is 0 Å². The van der Waals surface area contributed by atoms with Crippen molar-refractivity contribution in [2.24, 2.45) is 7.05 Å². The molecular formula is C14H21BrN4O2. The molecule has 2 aromatic heterocycles. The number of hydrogen-bond acceptors (Lipinski definition) is 4. The quantitative estimate of drug-likeness (QED) is 0.892. The first-order valence-electron chi connectivity index (χ1n) is 6.88. The molecule has 0 aliphatic rings. The summed E-state index contributed by atoms with van der Waals surface area (Å²) in [5, 5.41) is 19.4. The first-order chi connectivity index (χ1) is 9.90. The van der Waals surface area contributed by atoms with Crippen LogP contribution in [0.4, 0.5) is 0 Å². The molecule has 2 heterocycles. The molecule has 1 N–H and O–H groups in total. The number of aromatic nitrogens is 4. The molecule has 1 atom stereocenters. The van der Waals surface area contributed by atoms with E-state index in [-0.39, 0.29) is 0 Å². The number of aliphatic hydroxyl groups excluding tert-OH is 1. The van der Waals surface area contributed by atoms with Crippen molar-refractivity contribution < 1.29 is 9.84 Å². The fourth-order valence-electron chi connectivity index (χ4n) is 2.63. The number of aryl methyl sites for hydroxylation is 4. The van der Waals surface area contributed by atoms with E-state index in [1.807, 2.05) is 25.5 Å². The summed E-state index contributed by atoms with van der Waals surface area (Å²) in [4.78, 5) is 0. The lowest BCUT2D eigenvalue weighted by atomic mass is 10.1. The molecule has 2 rings (SSSR count). The molecule has 0 saturated heterocycles. The standard InChI is InChI=1S/C14H21BrN4O2/c1-6-19-10(13(15)9(3)17-19)7-11(20)12-8(2)16-18(4)14(12)21-5/h11,20H,6-7H2,1-5H3. The highest BCUT2D eigenvalue weighted by Gasteiger charge is 2.24. The smallest absolute Gasteiger partial charge is 0.217 e. The van der Waals surface area contributed by atoms with E-state index in [4.69, 9.17) is 4.74 Å². The minimum Gasteiger partial charge on any atom is -0.481 e. The highest BCUT2D eigenvalue weighted by Crippen LogP contribution is 2.32. The van der Waals surface area contributed by atoms with Crippen LogP contribution in [0.3, 0.4) is 0 Å². The van der Waals surface area contributed by atoms with Gasteiger partial charge in [-0.2, -0.15) is 10.2 Å². The average molecular weight is 357 g/mol. The monoisotopic (exact) mass is 356 g/mol. The Balaban J connectivity index is 2.37. The van der Waals surface area contributed by atoms with E-state index in [2.05, 4.69) is 26.1 Å². The number of nitrogens with zero attached hydrogens (tertiary/aromatic N) is 4. The molecule has 0 radical (unpaired) electrons. The molecule has 0 aliphatic carbocycles. The maximum atomic E-state index is 10.6. The van der Waals surface area contributed by atoms with Crippen LogP contribution in [-0.2, 0) is 20.0 Å². The van der Waals surface area contributed by atoms with Crippen LogP contribution in [0.25, 0.3) is 0 Å². The summed E-state index contributed by atoms with van der Waals surface area (Å²) in [7, 11) is 3.39. The summed E-state index contributed by atoms with van der Waals surface area (Å²) >= 11 is 3.56. The number of aliphatic hydroxyl groups is 1. The molecule has 0 aromatic carbocycles. The Labute approximate surface area is 132 Å². The number of methoxy groups -OCH3 is 1. The molecule has 21 heavy (non-hydrogen) atoms. The molecule has 0 amide bonds. The first-order valence-corrected chi connectivity index (χ1v) is 7.67. The van der Waals surface area contributed by atoms with E-state index in [1.54, 1.807) is 18.8 Å². The summed E-state index contributed by atoms with van der Waals surface area (Å²) in [6.07, 6.45) is -0.232. The minimum atomic E-state index is -0.689. The number of rotatable bonds is 5. The van der Waals surface area contributed by atoms with Crippen LogP contribution in [0.5, 0.6) is 5.88 Å². The topological polar surface area (TPSA) is 65.1 Å². The second kappa shape index (κ2) is 6.19. The third-order valence-electron chi connectivity index (χ3n) is 3.58. The van der Waals surface area contributed by atoms with Crippen LogP contribution < -0.4 is 4.74 Å². The summed E-state index contributed by atoms with van der Waals surface area (Å²) in [5.41, 5.74) is 3.41. The number of halogens is 1. The summed E-state index contributed by atoms with van der Waals surface area (Å²) in [6, 6.07) is 0. The van der Waals surface area contributed by atoms with Crippen molar-refractivity contribution in [3.63, 3.8) is 0 Å². The van der Waals surface area contributed by atoms with Crippen LogP contribution in [0, 0.1) is 13.8 Å². The van der Waals surface area contributed by atoms with Gasteiger partial charge in [0.1, 0.15) is 0 Å². The average Bonchev–Trinajstić information content (AvgIpc) is 2.88. The Morgan fingerprint density at radius 2 is 1.95 bits per heavy atom. The molecule has 0 spiro atoms. The molecule has 116 valence electrons. The van der Waals surface area contributed by atoms with Crippen molar-refractivity contribution in [1.82, 2.24) is 19.6 Å². The van der Waals surface area contributed by atoms with Crippen molar-refractivity contribution >= 4 is 15.9 Å². The Kier molecular flexibility index (Phi) is 4.73. The molecule has 0 bridgehead atoms. The highest BCUT2D eigenvalue weighted by atomic mass is 79.9. The molecule has 7 heteroatoms. The zero-order valence-electron chi connectivity index (χ0n) is 13.0. The van der Waals surface area contributed by atoms with Gasteiger partial charge in [0.2, 0.25) is 5.88 Å². The van der Waals surface area contributed by atoms with Crippen LogP contribution in [-0.4, -0.2) is 31.8 Å². The Hall–Kier alpha value is -1.34. The lowest BCUT2D eigenvalue weighted by Crippen LogP contribution is -2.10. The lowest BCUT2D eigenvalue weighted by Gasteiger charge is -2.13. The maximum Gasteiger partial charge on any atom is 0.217 e. The molecule has 0 fully saturated rings. The zero-order valence-corrected chi connectivity index (χ0v) is 14.6. The molecule has 1 unspecified atom stereocenters. The van der Waals surface area contributed by atoms with Gasteiger partial charge >= 0.3 is 0 Å². The van der Waals surface area contributed by atoms with Gasteiger partial charge in [0.15, 0.2) is 0 Å². The zero-order chi connectivity index (χ0) is 15.7. The van der Waals surface area contributed by atoms with Gasteiger partial charge in [0.05, 0.1) is 40.3 Å². The maximum absolute atomic E-state index is 10.6.